The molecule has 5 rings (SSSR count). The number of piperidine rings is 1. The summed E-state index contributed by atoms with van der Waals surface area (Å²) in [6.45, 7) is 13.9. The first-order chi connectivity index (χ1) is 20.7. The van der Waals surface area contributed by atoms with E-state index in [1.807, 2.05) is 45.2 Å². The molecule has 3 aromatic heterocycles. The van der Waals surface area contributed by atoms with Crippen LogP contribution in [0.4, 0.5) is 10.6 Å². The number of hydrogen-bond donors (Lipinski definition) is 1. The Hall–Kier alpha value is -3.53. The normalized spacial score (nSPS) is 19.2. The molecule has 0 bridgehead atoms. The maximum absolute atomic E-state index is 12.8. The molecule has 3 aromatic rings. The number of likely N-dealkylation sites (N-methyl/N-ethyl adjacent to an activating group) is 1. The van der Waals surface area contributed by atoms with E-state index < -0.39 is 0 Å². The second-order valence-corrected chi connectivity index (χ2v) is 12.1. The SMILES string of the molecule is CCOc1cc(-c2ccc(N3CCC(CN4CC[C@H](C)N(C)CC4)(NC(=O)OC(C)C)CC3)nc2)c2c(C#N)cnn2c1.S. The van der Waals surface area contributed by atoms with Crippen LogP contribution in [-0.2, 0) is 4.74 Å². The van der Waals surface area contributed by atoms with E-state index >= 15 is 0 Å². The van der Waals surface area contributed by atoms with Crippen molar-refractivity contribution in [3.63, 3.8) is 0 Å². The molecule has 2 aliphatic heterocycles. The van der Waals surface area contributed by atoms with Crippen molar-refractivity contribution in [1.29, 1.82) is 5.26 Å². The number of ether oxygens (including phenoxy) is 2. The molecule has 0 aliphatic carbocycles. The number of nitrogens with one attached hydrogen (secondary N) is 1. The molecule has 0 radical (unpaired) electrons. The second kappa shape index (κ2) is 14.5. The van der Waals surface area contributed by atoms with Crippen LogP contribution in [-0.4, -0.2) is 101 Å². The Balaban J connectivity index is 0.00000442. The predicted molar refractivity (Wildman–Crippen MR) is 177 cm³/mol. The van der Waals surface area contributed by atoms with Crippen LogP contribution in [0.15, 0.2) is 36.8 Å². The molecule has 2 saturated heterocycles. The average molecular weight is 623 g/mol. The van der Waals surface area contributed by atoms with E-state index in [9.17, 15) is 10.1 Å². The minimum Gasteiger partial charge on any atom is -0.492 e. The summed E-state index contributed by atoms with van der Waals surface area (Å²) in [7, 11) is 2.19. The van der Waals surface area contributed by atoms with E-state index in [0.29, 0.717) is 24.0 Å². The third-order valence-electron chi connectivity index (χ3n) is 8.74. The molecular formula is C32H46N8O3S. The Labute approximate surface area is 267 Å². The molecule has 238 valence electrons. The standard InChI is InChI=1S/C32H44N8O3.H2S/c1-6-42-27-17-28(30-26(18-33)20-35-40(30)21-27)25-7-8-29(34-19-25)39-13-10-32(11-14-39,36-31(41)43-23(2)3)22-38-12-9-24(4)37(5)15-16-38;/h7-8,17,19-21,23-24H,6,9-16,22H2,1-5H3,(H,36,41);1H2/t24-;/m0./s1. The van der Waals surface area contributed by atoms with Crippen LogP contribution in [0.25, 0.3) is 16.6 Å². The summed E-state index contributed by atoms with van der Waals surface area (Å²) >= 11 is 0. The zero-order valence-corrected chi connectivity index (χ0v) is 27.5. The van der Waals surface area contributed by atoms with Crippen LogP contribution in [0.5, 0.6) is 5.75 Å². The fourth-order valence-corrected chi connectivity index (χ4v) is 6.13. The molecule has 0 aromatic carbocycles. The molecule has 12 heteroatoms. The summed E-state index contributed by atoms with van der Waals surface area (Å²) in [6, 6.07) is 8.80. The molecule has 44 heavy (non-hydrogen) atoms. The van der Waals surface area contributed by atoms with Crippen LogP contribution in [0.3, 0.4) is 0 Å². The Bertz CT molecular complexity index is 1430. The van der Waals surface area contributed by atoms with Gasteiger partial charge >= 0.3 is 6.09 Å². The number of aromatic nitrogens is 3. The zero-order chi connectivity index (χ0) is 30.6. The van der Waals surface area contributed by atoms with Gasteiger partial charge in [0.15, 0.2) is 0 Å². The first kappa shape index (κ1) is 33.4. The van der Waals surface area contributed by atoms with Crippen molar-refractivity contribution >= 4 is 30.9 Å². The van der Waals surface area contributed by atoms with Gasteiger partial charge in [-0.3, -0.25) is 4.90 Å². The Kier molecular flexibility index (Phi) is 11.0. The highest BCUT2D eigenvalue weighted by Crippen LogP contribution is 2.33. The van der Waals surface area contributed by atoms with Crippen LogP contribution in [0.2, 0.25) is 0 Å². The van der Waals surface area contributed by atoms with Crippen molar-refractivity contribution in [2.75, 3.05) is 57.8 Å². The van der Waals surface area contributed by atoms with E-state index in [4.69, 9.17) is 14.5 Å². The molecule has 5 heterocycles. The van der Waals surface area contributed by atoms with Crippen molar-refractivity contribution in [3.05, 3.63) is 42.4 Å². The number of amides is 1. The van der Waals surface area contributed by atoms with Gasteiger partial charge in [-0.2, -0.15) is 23.9 Å². The predicted octanol–water partition coefficient (Wildman–Crippen LogP) is 4.28. The fourth-order valence-electron chi connectivity index (χ4n) is 6.13. The summed E-state index contributed by atoms with van der Waals surface area (Å²) in [5.41, 5.74) is 2.61. The topological polar surface area (TPSA) is 111 Å². The minimum atomic E-state index is -0.365. The van der Waals surface area contributed by atoms with Crippen LogP contribution in [0, 0.1) is 11.3 Å². The Morgan fingerprint density at radius 2 is 1.95 bits per heavy atom. The molecular weight excluding hydrogens is 576 g/mol. The van der Waals surface area contributed by atoms with E-state index in [-0.39, 0.29) is 31.2 Å². The third-order valence-corrected chi connectivity index (χ3v) is 8.74. The summed E-state index contributed by atoms with van der Waals surface area (Å²) in [5.74, 6) is 1.57. The van der Waals surface area contributed by atoms with Crippen molar-refractivity contribution < 1.29 is 14.3 Å². The first-order valence-electron chi connectivity index (χ1n) is 15.4. The number of nitrogens with zero attached hydrogens (tertiary/aromatic N) is 7. The van der Waals surface area contributed by atoms with E-state index in [2.05, 4.69) is 45.2 Å². The quantitative estimate of drug-likeness (QED) is 0.394. The van der Waals surface area contributed by atoms with Gasteiger partial charge in [-0.05, 0) is 78.7 Å². The lowest BCUT2D eigenvalue weighted by Gasteiger charge is -2.45. The first-order valence-corrected chi connectivity index (χ1v) is 15.4. The van der Waals surface area contributed by atoms with Gasteiger partial charge in [-0.1, -0.05) is 0 Å². The van der Waals surface area contributed by atoms with Crippen molar-refractivity contribution in [2.45, 2.75) is 64.6 Å². The molecule has 1 N–H and O–H groups in total. The van der Waals surface area contributed by atoms with Gasteiger partial charge in [0.1, 0.15) is 17.6 Å². The third kappa shape index (κ3) is 7.57. The smallest absolute Gasteiger partial charge is 0.407 e. The highest BCUT2D eigenvalue weighted by molar-refractivity contribution is 7.59. The lowest BCUT2D eigenvalue weighted by Crippen LogP contribution is -2.61. The Morgan fingerprint density at radius 1 is 1.18 bits per heavy atom. The Morgan fingerprint density at radius 3 is 2.61 bits per heavy atom. The molecule has 2 aliphatic rings. The monoisotopic (exact) mass is 622 g/mol. The number of anilines is 1. The number of carbonyl (C=O) groups excluding carboxylic acids is 1. The number of nitriles is 1. The molecule has 0 unspecified atom stereocenters. The van der Waals surface area contributed by atoms with Gasteiger partial charge in [0, 0.05) is 56.1 Å². The van der Waals surface area contributed by atoms with Crippen LogP contribution in [0.1, 0.15) is 52.5 Å². The minimum absolute atomic E-state index is 0. The van der Waals surface area contributed by atoms with Gasteiger partial charge in [-0.25, -0.2) is 14.3 Å². The lowest BCUT2D eigenvalue weighted by atomic mass is 9.86. The van der Waals surface area contributed by atoms with Crippen LogP contribution < -0.4 is 15.0 Å². The lowest BCUT2D eigenvalue weighted by molar-refractivity contribution is 0.0889. The summed E-state index contributed by atoms with van der Waals surface area (Å²) in [6.07, 6.45) is 7.41. The summed E-state index contributed by atoms with van der Waals surface area (Å²) in [5, 5.41) is 17.3. The van der Waals surface area contributed by atoms with Crippen molar-refractivity contribution in [2.24, 2.45) is 0 Å². The molecule has 0 saturated carbocycles. The van der Waals surface area contributed by atoms with Crippen molar-refractivity contribution in [1.82, 2.24) is 29.7 Å². The van der Waals surface area contributed by atoms with Gasteiger partial charge in [0.25, 0.3) is 0 Å². The number of fused-ring (bicyclic) bond motifs is 1. The van der Waals surface area contributed by atoms with E-state index in [0.717, 1.165) is 81.0 Å². The van der Waals surface area contributed by atoms with Gasteiger partial charge in [-0.15, -0.1) is 0 Å². The molecule has 0 spiro atoms. The molecule has 11 nitrogen and oxygen atoms in total. The maximum atomic E-state index is 12.8. The van der Waals surface area contributed by atoms with Crippen molar-refractivity contribution in [3.8, 4) is 22.9 Å². The van der Waals surface area contributed by atoms with E-state index in [1.165, 1.54) is 0 Å². The number of pyridine rings is 2. The highest BCUT2D eigenvalue weighted by Gasteiger charge is 2.39. The largest absolute Gasteiger partial charge is 0.492 e. The highest BCUT2D eigenvalue weighted by atomic mass is 32.1. The van der Waals surface area contributed by atoms with Crippen LogP contribution >= 0.6 is 13.5 Å². The number of hydrogen-bond acceptors (Lipinski definition) is 9. The van der Waals surface area contributed by atoms with E-state index in [1.54, 1.807) is 16.9 Å². The summed E-state index contributed by atoms with van der Waals surface area (Å²) < 4.78 is 13.0. The molecule has 1 atom stereocenters. The fraction of sp³-hybridized carbons (Fsp3) is 0.562. The average Bonchev–Trinajstić information content (AvgIpc) is 3.34. The maximum Gasteiger partial charge on any atom is 0.407 e. The summed E-state index contributed by atoms with van der Waals surface area (Å²) in [4.78, 5) is 24.9. The number of alkyl carbamates (subject to hydrolysis) is 1. The number of carbonyl (C=O) groups is 1. The zero-order valence-electron chi connectivity index (χ0n) is 26.5. The second-order valence-electron chi connectivity index (χ2n) is 12.1. The number of rotatable bonds is 8. The van der Waals surface area contributed by atoms with Gasteiger partial charge in [0.05, 0.1) is 41.7 Å². The molecule has 1 amide bonds. The van der Waals surface area contributed by atoms with Gasteiger partial charge in [0.2, 0.25) is 0 Å². The molecule has 2 fully saturated rings. The van der Waals surface area contributed by atoms with Gasteiger partial charge < -0.3 is 24.6 Å².